The van der Waals surface area contributed by atoms with Crippen molar-refractivity contribution in [1.82, 2.24) is 5.32 Å². The standard InChI is InChI=1S/C20H24N2O3/c1-12(23)16-3-2-4-17(8-16)21-18(24)19(25)22-20-9-13-5-14(10-20)7-15(6-13)11-20/h2-4,8,13-15H,5-7,9-11H2,1H3,(H,21,24)(H,22,25). The third-order valence-corrected chi connectivity index (χ3v) is 6.15. The van der Waals surface area contributed by atoms with Crippen LogP contribution >= 0.6 is 0 Å². The van der Waals surface area contributed by atoms with E-state index in [0.29, 0.717) is 29.0 Å². The molecule has 4 saturated carbocycles. The van der Waals surface area contributed by atoms with Crippen molar-refractivity contribution in [2.24, 2.45) is 17.8 Å². The number of benzene rings is 1. The number of hydrogen-bond donors (Lipinski definition) is 2. The molecule has 1 aromatic carbocycles. The number of rotatable bonds is 3. The van der Waals surface area contributed by atoms with Gasteiger partial charge in [0.1, 0.15) is 0 Å². The molecule has 2 amide bonds. The number of hydrogen-bond acceptors (Lipinski definition) is 3. The van der Waals surface area contributed by atoms with Crippen molar-refractivity contribution >= 4 is 23.3 Å². The largest absolute Gasteiger partial charge is 0.342 e. The van der Waals surface area contributed by atoms with E-state index >= 15 is 0 Å². The average molecular weight is 340 g/mol. The molecular weight excluding hydrogens is 316 g/mol. The highest BCUT2D eigenvalue weighted by molar-refractivity contribution is 6.39. The maximum atomic E-state index is 12.5. The number of anilines is 1. The molecule has 0 atom stereocenters. The molecule has 0 spiro atoms. The molecular formula is C20H24N2O3. The number of amides is 2. The lowest BCUT2D eigenvalue weighted by Gasteiger charge is -2.56. The second-order valence-corrected chi connectivity index (χ2v) is 8.24. The summed E-state index contributed by atoms with van der Waals surface area (Å²) in [6, 6.07) is 6.66. The zero-order chi connectivity index (χ0) is 17.6. The molecule has 0 unspecified atom stereocenters. The topological polar surface area (TPSA) is 75.3 Å². The van der Waals surface area contributed by atoms with Gasteiger partial charge in [0.25, 0.3) is 0 Å². The number of Topliss-reactive ketones (excluding diaryl/α,β-unsaturated/α-hetero) is 1. The summed E-state index contributed by atoms with van der Waals surface area (Å²) in [4.78, 5) is 36.2. The van der Waals surface area contributed by atoms with Gasteiger partial charge >= 0.3 is 11.8 Å². The van der Waals surface area contributed by atoms with Gasteiger partial charge in [-0.3, -0.25) is 14.4 Å². The van der Waals surface area contributed by atoms with Crippen molar-refractivity contribution in [2.45, 2.75) is 51.0 Å². The van der Waals surface area contributed by atoms with Crippen LogP contribution in [0.1, 0.15) is 55.8 Å². The van der Waals surface area contributed by atoms with Crippen molar-refractivity contribution in [2.75, 3.05) is 5.32 Å². The van der Waals surface area contributed by atoms with Gasteiger partial charge in [0.15, 0.2) is 5.78 Å². The van der Waals surface area contributed by atoms with E-state index in [1.165, 1.54) is 26.2 Å². The Labute approximate surface area is 147 Å². The summed E-state index contributed by atoms with van der Waals surface area (Å²) >= 11 is 0. The quantitative estimate of drug-likeness (QED) is 0.656. The Bertz CT molecular complexity index is 705. The van der Waals surface area contributed by atoms with Crippen molar-refractivity contribution in [1.29, 1.82) is 0 Å². The van der Waals surface area contributed by atoms with Crippen LogP contribution in [0.15, 0.2) is 24.3 Å². The van der Waals surface area contributed by atoms with Crippen molar-refractivity contribution in [3.05, 3.63) is 29.8 Å². The summed E-state index contributed by atoms with van der Waals surface area (Å²) in [7, 11) is 0. The molecule has 5 heteroatoms. The van der Waals surface area contributed by atoms with Crippen molar-refractivity contribution in [3.8, 4) is 0 Å². The third kappa shape index (κ3) is 3.20. The van der Waals surface area contributed by atoms with Crippen LogP contribution in [0.5, 0.6) is 0 Å². The highest BCUT2D eigenvalue weighted by Crippen LogP contribution is 2.55. The van der Waals surface area contributed by atoms with Gasteiger partial charge in [-0.15, -0.1) is 0 Å². The number of nitrogens with one attached hydrogen (secondary N) is 2. The normalized spacial score (nSPS) is 32.3. The summed E-state index contributed by atoms with van der Waals surface area (Å²) in [5, 5.41) is 5.68. The molecule has 4 aliphatic carbocycles. The van der Waals surface area contributed by atoms with Gasteiger partial charge in [-0.05, 0) is 75.3 Å². The zero-order valence-electron chi connectivity index (χ0n) is 14.5. The summed E-state index contributed by atoms with van der Waals surface area (Å²) in [5.41, 5.74) is 0.808. The predicted molar refractivity (Wildman–Crippen MR) is 94.1 cm³/mol. The SMILES string of the molecule is CC(=O)c1cccc(NC(=O)C(=O)NC23CC4CC(CC(C4)C2)C3)c1. The fraction of sp³-hybridized carbons (Fsp3) is 0.550. The lowest BCUT2D eigenvalue weighted by molar-refractivity contribution is -0.139. The van der Waals surface area contributed by atoms with Gasteiger partial charge < -0.3 is 10.6 Å². The summed E-state index contributed by atoms with van der Waals surface area (Å²) in [5.74, 6) is 0.839. The lowest BCUT2D eigenvalue weighted by atomic mass is 9.53. The van der Waals surface area contributed by atoms with Crippen LogP contribution in [0.4, 0.5) is 5.69 Å². The Balaban J connectivity index is 1.42. The number of carbonyl (C=O) groups is 3. The van der Waals surface area contributed by atoms with Crippen LogP contribution in [0.25, 0.3) is 0 Å². The minimum Gasteiger partial charge on any atom is -0.342 e. The van der Waals surface area contributed by atoms with E-state index in [2.05, 4.69) is 10.6 Å². The van der Waals surface area contributed by atoms with Gasteiger partial charge in [0, 0.05) is 16.8 Å². The van der Waals surface area contributed by atoms with Gasteiger partial charge in [0.2, 0.25) is 0 Å². The van der Waals surface area contributed by atoms with Crippen molar-refractivity contribution < 1.29 is 14.4 Å². The van der Waals surface area contributed by atoms with Crippen LogP contribution in [0.3, 0.4) is 0 Å². The Kier molecular flexibility index (Phi) is 3.89. The van der Waals surface area contributed by atoms with Crippen molar-refractivity contribution in [3.63, 3.8) is 0 Å². The fourth-order valence-corrected chi connectivity index (χ4v) is 5.57. The summed E-state index contributed by atoms with van der Waals surface area (Å²) in [6.45, 7) is 1.47. The third-order valence-electron chi connectivity index (χ3n) is 6.15. The van der Waals surface area contributed by atoms with Gasteiger partial charge in [0.05, 0.1) is 0 Å². The van der Waals surface area contributed by atoms with E-state index in [0.717, 1.165) is 19.3 Å². The van der Waals surface area contributed by atoms with E-state index in [1.54, 1.807) is 24.3 Å². The number of ketones is 1. The second-order valence-electron chi connectivity index (χ2n) is 8.24. The Morgan fingerprint density at radius 2 is 1.56 bits per heavy atom. The highest BCUT2D eigenvalue weighted by Gasteiger charge is 2.51. The minimum atomic E-state index is -0.656. The van der Waals surface area contributed by atoms with Gasteiger partial charge in [-0.25, -0.2) is 0 Å². The van der Waals surface area contributed by atoms with E-state index < -0.39 is 11.8 Å². The molecule has 2 N–H and O–H groups in total. The molecule has 4 bridgehead atoms. The first-order valence-electron chi connectivity index (χ1n) is 9.17. The number of carbonyl (C=O) groups excluding carboxylic acids is 3. The molecule has 0 aliphatic heterocycles. The van der Waals surface area contributed by atoms with E-state index in [1.807, 2.05) is 0 Å². The maximum Gasteiger partial charge on any atom is 0.313 e. The molecule has 4 aliphatic rings. The monoisotopic (exact) mass is 340 g/mol. The first-order valence-corrected chi connectivity index (χ1v) is 9.17. The molecule has 0 radical (unpaired) electrons. The summed E-state index contributed by atoms with van der Waals surface area (Å²) < 4.78 is 0. The first kappa shape index (κ1) is 16.3. The van der Waals surface area contributed by atoms with Crippen LogP contribution in [-0.4, -0.2) is 23.1 Å². The minimum absolute atomic E-state index is 0.0749. The molecule has 5 nitrogen and oxygen atoms in total. The molecule has 5 rings (SSSR count). The maximum absolute atomic E-state index is 12.5. The highest BCUT2D eigenvalue weighted by atomic mass is 16.2. The smallest absolute Gasteiger partial charge is 0.313 e. The molecule has 25 heavy (non-hydrogen) atoms. The summed E-state index contributed by atoms with van der Waals surface area (Å²) in [6.07, 6.45) is 6.91. The molecule has 132 valence electrons. The van der Waals surface area contributed by atoms with Crippen LogP contribution in [0, 0.1) is 17.8 Å². The lowest BCUT2D eigenvalue weighted by Crippen LogP contribution is -2.61. The predicted octanol–water partition coefficient (Wildman–Crippen LogP) is 2.91. The van der Waals surface area contributed by atoms with E-state index in [-0.39, 0.29) is 11.3 Å². The van der Waals surface area contributed by atoms with Crippen LogP contribution in [-0.2, 0) is 9.59 Å². The molecule has 0 heterocycles. The Morgan fingerprint density at radius 3 is 2.12 bits per heavy atom. The van der Waals surface area contributed by atoms with Gasteiger partial charge in [-0.2, -0.15) is 0 Å². The van der Waals surface area contributed by atoms with Gasteiger partial charge in [-0.1, -0.05) is 12.1 Å². The fourth-order valence-electron chi connectivity index (χ4n) is 5.57. The molecule has 0 saturated heterocycles. The Morgan fingerprint density at radius 1 is 0.960 bits per heavy atom. The molecule has 4 fully saturated rings. The first-order chi connectivity index (χ1) is 11.9. The Hall–Kier alpha value is -2.17. The molecule has 0 aromatic heterocycles. The van der Waals surface area contributed by atoms with E-state index in [9.17, 15) is 14.4 Å². The zero-order valence-corrected chi connectivity index (χ0v) is 14.5. The average Bonchev–Trinajstić information content (AvgIpc) is 2.53. The molecule has 1 aromatic rings. The van der Waals surface area contributed by atoms with Crippen LogP contribution in [0.2, 0.25) is 0 Å². The van der Waals surface area contributed by atoms with E-state index in [4.69, 9.17) is 0 Å². The second kappa shape index (κ2) is 5.97. The van der Waals surface area contributed by atoms with Crippen LogP contribution < -0.4 is 10.6 Å².